The molecule has 0 aliphatic carbocycles. The summed E-state index contributed by atoms with van der Waals surface area (Å²) >= 11 is 0. The van der Waals surface area contributed by atoms with Gasteiger partial charge in [0.1, 0.15) is 0 Å². The van der Waals surface area contributed by atoms with Crippen molar-refractivity contribution in [2.24, 2.45) is 0 Å². The zero-order chi connectivity index (χ0) is 48.4. The van der Waals surface area contributed by atoms with E-state index in [1.165, 1.54) is 10.0 Å². The quantitative estimate of drug-likeness (QED) is 0.123. The van der Waals surface area contributed by atoms with Crippen LogP contribution in [-0.4, -0.2) is 81.7 Å². The standard InChI is InChI=1S/C28H36BN3O4.C22H28BN3O3.CH4/c1-18-14-19(2)16-22(15-18)25(34)32(26(3,4)5)31-24(33)21-11-10-20(12-13-30)23(17-21)29-35-27(6,7)28(8,9)36-29;1-14-10-15(2)12-18(11-14)21(28)26(22(3,4)5)25-20(27)17-7-6-16-8-9-24-23(29)19(16)13-17;/h10-11,14-17H,12H2,1-9H3,(H,31,33);6-7,10-13,24,29H,8-9H2,1-5H3,(H,25,27);1H4. The average Bonchev–Trinajstić information content (AvgIpc) is 3.42. The number of aryl methyl sites for hydroxylation is 4. The molecular formula is C51H68B2N6O7. The minimum absolute atomic E-state index is 0. The number of hydrazine groups is 2. The first-order chi connectivity index (χ1) is 30.1. The Morgan fingerprint density at radius 2 is 1.09 bits per heavy atom. The zero-order valence-corrected chi connectivity index (χ0v) is 40.4. The lowest BCUT2D eigenvalue weighted by atomic mass is 9.68. The first-order valence-electron chi connectivity index (χ1n) is 22.0. The third kappa shape index (κ3) is 12.4. The summed E-state index contributed by atoms with van der Waals surface area (Å²) in [7, 11) is -1.51. The van der Waals surface area contributed by atoms with E-state index >= 15 is 0 Å². The van der Waals surface area contributed by atoms with E-state index in [9.17, 15) is 29.5 Å². The van der Waals surface area contributed by atoms with E-state index in [1.54, 1.807) is 30.3 Å². The molecule has 0 aromatic heterocycles. The van der Waals surface area contributed by atoms with E-state index in [1.807, 2.05) is 139 Å². The van der Waals surface area contributed by atoms with Gasteiger partial charge in [0.15, 0.2) is 0 Å². The van der Waals surface area contributed by atoms with Gasteiger partial charge in [0.2, 0.25) is 0 Å². The highest BCUT2D eigenvalue weighted by Crippen LogP contribution is 2.37. The Bertz CT molecular complexity index is 2460. The minimum Gasteiger partial charge on any atom is -0.433 e. The Morgan fingerprint density at radius 1 is 0.682 bits per heavy atom. The van der Waals surface area contributed by atoms with Gasteiger partial charge in [0.05, 0.1) is 34.8 Å². The molecule has 350 valence electrons. The third-order valence-corrected chi connectivity index (χ3v) is 11.7. The van der Waals surface area contributed by atoms with Crippen LogP contribution in [0.4, 0.5) is 0 Å². The van der Waals surface area contributed by atoms with Crippen molar-refractivity contribution < 1.29 is 33.5 Å². The number of fused-ring (bicyclic) bond motifs is 1. The number of benzene rings is 4. The van der Waals surface area contributed by atoms with Gasteiger partial charge in [-0.3, -0.25) is 30.0 Å². The van der Waals surface area contributed by atoms with Gasteiger partial charge >= 0.3 is 14.2 Å². The van der Waals surface area contributed by atoms with Crippen molar-refractivity contribution in [3.63, 3.8) is 0 Å². The summed E-state index contributed by atoms with van der Waals surface area (Å²) < 4.78 is 12.4. The highest BCUT2D eigenvalue weighted by Gasteiger charge is 2.52. The number of amides is 4. The molecule has 2 heterocycles. The predicted molar refractivity (Wildman–Crippen MR) is 263 cm³/mol. The number of carbonyl (C=O) groups is 4. The van der Waals surface area contributed by atoms with E-state index < -0.39 is 48.3 Å². The monoisotopic (exact) mass is 899 g/mol. The number of hydrogen-bond donors (Lipinski definition) is 4. The normalized spacial score (nSPS) is 14.9. The predicted octanol–water partition coefficient (Wildman–Crippen LogP) is 6.61. The molecule has 4 N–H and O–H groups in total. The van der Waals surface area contributed by atoms with Crippen molar-refractivity contribution in [3.05, 3.63) is 128 Å². The van der Waals surface area contributed by atoms with Gasteiger partial charge in [-0.15, -0.1) is 0 Å². The molecule has 4 aromatic rings. The van der Waals surface area contributed by atoms with Gasteiger partial charge in [-0.05, 0) is 174 Å². The van der Waals surface area contributed by atoms with E-state index in [-0.39, 0.29) is 25.7 Å². The number of carbonyl (C=O) groups excluding carboxylic acids is 4. The van der Waals surface area contributed by atoms with Gasteiger partial charge in [-0.1, -0.05) is 60.0 Å². The van der Waals surface area contributed by atoms with Crippen molar-refractivity contribution in [2.75, 3.05) is 6.54 Å². The molecule has 4 amide bonds. The lowest BCUT2D eigenvalue weighted by molar-refractivity contribution is 0.00578. The van der Waals surface area contributed by atoms with Crippen molar-refractivity contribution in [1.82, 2.24) is 26.1 Å². The van der Waals surface area contributed by atoms with E-state index in [0.717, 1.165) is 39.8 Å². The third-order valence-electron chi connectivity index (χ3n) is 11.7. The summed E-state index contributed by atoms with van der Waals surface area (Å²) in [5.41, 5.74) is 11.9. The topological polar surface area (TPSA) is 173 Å². The Morgan fingerprint density at radius 3 is 1.50 bits per heavy atom. The Hall–Kier alpha value is -5.78. The zero-order valence-electron chi connectivity index (χ0n) is 40.4. The molecule has 0 bridgehead atoms. The van der Waals surface area contributed by atoms with Crippen LogP contribution < -0.4 is 27.0 Å². The second-order valence-corrected chi connectivity index (χ2v) is 20.1. The Kier molecular flexibility index (Phi) is 16.3. The lowest BCUT2D eigenvalue weighted by Crippen LogP contribution is -2.56. The van der Waals surface area contributed by atoms with Crippen molar-refractivity contribution in [1.29, 1.82) is 5.26 Å². The molecule has 2 aliphatic heterocycles. The van der Waals surface area contributed by atoms with E-state index in [0.29, 0.717) is 39.7 Å². The molecule has 13 nitrogen and oxygen atoms in total. The van der Waals surface area contributed by atoms with Crippen LogP contribution in [-0.2, 0) is 22.2 Å². The SMILES string of the molecule is C.Cc1cc(C)cc(C(=O)N(NC(=O)c2ccc(CC#N)c(B3OC(C)(C)C(C)(C)O3)c2)C(C)(C)C)c1.Cc1cc(C)cc(C(=O)N(NC(=O)c2ccc3c(c2)B(O)NCC3)C(C)(C)C)c1. The molecular weight excluding hydrogens is 830 g/mol. The number of hydrogen-bond acceptors (Lipinski definition) is 9. The van der Waals surface area contributed by atoms with Gasteiger partial charge in [-0.2, -0.15) is 5.26 Å². The summed E-state index contributed by atoms with van der Waals surface area (Å²) in [5, 5.41) is 25.2. The second-order valence-electron chi connectivity index (χ2n) is 20.1. The number of nitrogens with one attached hydrogen (secondary N) is 3. The fourth-order valence-electron chi connectivity index (χ4n) is 7.68. The lowest BCUT2D eigenvalue weighted by Gasteiger charge is -2.35. The molecule has 15 heteroatoms. The number of nitrogens with zero attached hydrogens (tertiary/aromatic N) is 3. The molecule has 66 heavy (non-hydrogen) atoms. The maximum Gasteiger partial charge on any atom is 0.495 e. The summed E-state index contributed by atoms with van der Waals surface area (Å²) in [4.78, 5) is 53.0. The molecule has 0 radical (unpaired) electrons. The fourth-order valence-corrected chi connectivity index (χ4v) is 7.68. The summed E-state index contributed by atoms with van der Waals surface area (Å²) in [6.07, 6.45) is 0.953. The molecule has 1 saturated heterocycles. The molecule has 2 aliphatic rings. The average molecular weight is 899 g/mol. The van der Waals surface area contributed by atoms with Crippen LogP contribution in [0.1, 0.15) is 151 Å². The molecule has 4 aromatic carbocycles. The fraction of sp³-hybridized carbons (Fsp3) is 0.431. The van der Waals surface area contributed by atoms with Gasteiger partial charge in [-0.25, -0.2) is 10.0 Å². The van der Waals surface area contributed by atoms with Gasteiger partial charge in [0.25, 0.3) is 23.6 Å². The highest BCUT2D eigenvalue weighted by atomic mass is 16.7. The molecule has 0 atom stereocenters. The maximum absolute atomic E-state index is 13.5. The molecule has 0 spiro atoms. The van der Waals surface area contributed by atoms with Crippen LogP contribution in [0, 0.1) is 39.0 Å². The van der Waals surface area contributed by atoms with Crippen LogP contribution >= 0.6 is 0 Å². The first-order valence-corrected chi connectivity index (χ1v) is 22.0. The van der Waals surface area contributed by atoms with Crippen LogP contribution in [0.15, 0.2) is 72.8 Å². The van der Waals surface area contributed by atoms with Crippen LogP contribution in [0.2, 0.25) is 0 Å². The van der Waals surface area contributed by atoms with Crippen LogP contribution in [0.3, 0.4) is 0 Å². The van der Waals surface area contributed by atoms with Gasteiger partial charge in [0, 0.05) is 22.3 Å². The number of nitriles is 1. The maximum atomic E-state index is 13.5. The van der Waals surface area contributed by atoms with Crippen molar-refractivity contribution in [2.45, 2.75) is 139 Å². The molecule has 0 unspecified atom stereocenters. The first kappa shape index (κ1) is 52.8. The summed E-state index contributed by atoms with van der Waals surface area (Å²) in [6.45, 7) is 27.4. The Labute approximate surface area is 392 Å². The van der Waals surface area contributed by atoms with Crippen LogP contribution in [0.5, 0.6) is 0 Å². The van der Waals surface area contributed by atoms with Gasteiger partial charge < -0.3 is 19.6 Å². The summed E-state index contributed by atoms with van der Waals surface area (Å²) in [6, 6.07) is 23.8. The second kappa shape index (κ2) is 20.4. The van der Waals surface area contributed by atoms with E-state index in [4.69, 9.17) is 9.31 Å². The van der Waals surface area contributed by atoms with E-state index in [2.05, 4.69) is 22.1 Å². The largest absolute Gasteiger partial charge is 0.495 e. The van der Waals surface area contributed by atoms with Crippen LogP contribution in [0.25, 0.3) is 0 Å². The highest BCUT2D eigenvalue weighted by molar-refractivity contribution is 6.64. The summed E-state index contributed by atoms with van der Waals surface area (Å²) in [5.74, 6) is -1.39. The molecule has 6 rings (SSSR count). The Balaban J connectivity index is 0.000000290. The van der Waals surface area contributed by atoms with Crippen molar-refractivity contribution in [3.8, 4) is 6.07 Å². The smallest absolute Gasteiger partial charge is 0.433 e. The molecule has 1 fully saturated rings. The number of rotatable bonds is 6. The minimum atomic E-state index is -0.790. The van der Waals surface area contributed by atoms with Crippen molar-refractivity contribution >= 4 is 48.7 Å². The molecule has 0 saturated carbocycles.